The van der Waals surface area contributed by atoms with Gasteiger partial charge in [-0.1, -0.05) is 82.3 Å². The van der Waals surface area contributed by atoms with Gasteiger partial charge in [-0.3, -0.25) is 9.78 Å². The molecule has 0 spiro atoms. The Hall–Kier alpha value is -3.39. The summed E-state index contributed by atoms with van der Waals surface area (Å²) in [5.74, 6) is -0.722. The molecule has 0 aliphatic heterocycles. The number of carbonyl (C=O) groups is 1. The number of halogens is 1. The van der Waals surface area contributed by atoms with Crippen LogP contribution < -0.4 is 0 Å². The summed E-state index contributed by atoms with van der Waals surface area (Å²) < 4.78 is 24.8. The monoisotopic (exact) mass is 549 g/mol. The lowest BCUT2D eigenvalue weighted by Gasteiger charge is -2.24. The second kappa shape index (κ2) is 14.8. The Morgan fingerprint density at radius 3 is 2.20 bits per heavy atom. The summed E-state index contributed by atoms with van der Waals surface area (Å²) in [6, 6.07) is 16.3. The number of aliphatic hydroxyl groups excluding tert-OH is 2. The average molecular weight is 550 g/mol. The van der Waals surface area contributed by atoms with Gasteiger partial charge in [-0.05, 0) is 40.7 Å². The molecule has 214 valence electrons. The highest BCUT2D eigenvalue weighted by Gasteiger charge is 2.23. The normalized spacial score (nSPS) is 13.2. The highest BCUT2D eigenvalue weighted by Crippen LogP contribution is 2.38. The number of esters is 1. The predicted octanol–water partition coefficient (Wildman–Crippen LogP) is 6.54. The SMILES string of the molecule is COC(=O)CC(O)CC(O)/C=C/c1c(C(C)C)nc(C(C)C)c(COCc2ccccc2)c1-c1ccc(F)cc1. The van der Waals surface area contributed by atoms with Gasteiger partial charge >= 0.3 is 5.97 Å². The summed E-state index contributed by atoms with van der Waals surface area (Å²) >= 11 is 0. The van der Waals surface area contributed by atoms with Crippen LogP contribution in [0.15, 0.2) is 60.7 Å². The summed E-state index contributed by atoms with van der Waals surface area (Å²) in [4.78, 5) is 16.6. The minimum absolute atomic E-state index is 0.0287. The van der Waals surface area contributed by atoms with Crippen LogP contribution in [0.5, 0.6) is 0 Å². The van der Waals surface area contributed by atoms with E-state index >= 15 is 0 Å². The zero-order valence-electron chi connectivity index (χ0n) is 23.9. The van der Waals surface area contributed by atoms with Gasteiger partial charge in [0.15, 0.2) is 0 Å². The van der Waals surface area contributed by atoms with Gasteiger partial charge in [0.25, 0.3) is 0 Å². The van der Waals surface area contributed by atoms with Crippen molar-refractivity contribution in [2.24, 2.45) is 0 Å². The third-order valence-corrected chi connectivity index (χ3v) is 6.61. The summed E-state index contributed by atoms with van der Waals surface area (Å²) in [5, 5.41) is 20.9. The summed E-state index contributed by atoms with van der Waals surface area (Å²) in [6.07, 6.45) is 1.12. The predicted molar refractivity (Wildman–Crippen MR) is 155 cm³/mol. The van der Waals surface area contributed by atoms with Gasteiger partial charge in [0.05, 0.1) is 44.6 Å². The topological polar surface area (TPSA) is 88.9 Å². The molecular weight excluding hydrogens is 509 g/mol. The number of carbonyl (C=O) groups excluding carboxylic acids is 1. The van der Waals surface area contributed by atoms with Gasteiger partial charge in [-0.2, -0.15) is 0 Å². The minimum atomic E-state index is -1.04. The number of hydrogen-bond donors (Lipinski definition) is 2. The molecule has 0 aliphatic carbocycles. The van der Waals surface area contributed by atoms with Gasteiger partial charge in [0, 0.05) is 23.2 Å². The molecule has 0 saturated carbocycles. The molecule has 0 saturated heterocycles. The summed E-state index contributed by atoms with van der Waals surface area (Å²) in [5.41, 5.74) is 6.18. The molecule has 1 aromatic heterocycles. The van der Waals surface area contributed by atoms with E-state index in [4.69, 9.17) is 9.72 Å². The molecule has 40 heavy (non-hydrogen) atoms. The fraction of sp³-hybridized carbons (Fsp3) is 0.394. The molecule has 0 amide bonds. The Morgan fingerprint density at radius 1 is 0.950 bits per heavy atom. The molecule has 3 rings (SSSR count). The first-order chi connectivity index (χ1) is 19.1. The van der Waals surface area contributed by atoms with Crippen molar-refractivity contribution < 1.29 is 28.9 Å². The number of benzene rings is 2. The Bertz CT molecular complexity index is 1270. The first kappa shape index (κ1) is 31.1. The Kier molecular flexibility index (Phi) is 11.6. The molecule has 6 nitrogen and oxygen atoms in total. The molecule has 0 fully saturated rings. The van der Waals surface area contributed by atoms with Crippen molar-refractivity contribution in [3.63, 3.8) is 0 Å². The first-order valence-corrected chi connectivity index (χ1v) is 13.7. The van der Waals surface area contributed by atoms with E-state index in [1.54, 1.807) is 24.3 Å². The maximum atomic E-state index is 14.0. The lowest BCUT2D eigenvalue weighted by atomic mass is 9.87. The molecule has 0 radical (unpaired) electrons. The number of pyridine rings is 1. The van der Waals surface area contributed by atoms with E-state index in [0.717, 1.165) is 39.2 Å². The lowest BCUT2D eigenvalue weighted by Crippen LogP contribution is -2.20. The molecule has 0 aliphatic rings. The Morgan fingerprint density at radius 2 is 1.60 bits per heavy atom. The first-order valence-electron chi connectivity index (χ1n) is 13.7. The van der Waals surface area contributed by atoms with Gasteiger partial charge in [0.1, 0.15) is 5.82 Å². The van der Waals surface area contributed by atoms with Crippen LogP contribution in [0, 0.1) is 5.82 Å². The third-order valence-electron chi connectivity index (χ3n) is 6.61. The van der Waals surface area contributed by atoms with Crippen LogP contribution in [0.1, 0.15) is 80.5 Å². The van der Waals surface area contributed by atoms with Crippen LogP contribution in [0.3, 0.4) is 0 Å². The lowest BCUT2D eigenvalue weighted by molar-refractivity contribution is -0.143. The summed E-state index contributed by atoms with van der Waals surface area (Å²) in [6.45, 7) is 9.00. The molecule has 7 heteroatoms. The van der Waals surface area contributed by atoms with Crippen molar-refractivity contribution in [3.8, 4) is 11.1 Å². The Balaban J connectivity index is 2.10. The van der Waals surface area contributed by atoms with E-state index < -0.39 is 18.2 Å². The van der Waals surface area contributed by atoms with E-state index in [1.807, 2.05) is 30.3 Å². The average Bonchev–Trinajstić information content (AvgIpc) is 2.92. The van der Waals surface area contributed by atoms with Crippen molar-refractivity contribution in [3.05, 3.63) is 94.6 Å². The van der Waals surface area contributed by atoms with E-state index in [-0.39, 0.29) is 30.5 Å². The van der Waals surface area contributed by atoms with Crippen molar-refractivity contribution in [2.45, 2.75) is 77.8 Å². The second-order valence-electron chi connectivity index (χ2n) is 10.5. The number of methoxy groups -OCH3 is 1. The van der Waals surface area contributed by atoms with Crippen molar-refractivity contribution >= 4 is 12.0 Å². The smallest absolute Gasteiger partial charge is 0.308 e. The van der Waals surface area contributed by atoms with Crippen LogP contribution in [-0.2, 0) is 27.5 Å². The van der Waals surface area contributed by atoms with Crippen molar-refractivity contribution in [1.82, 2.24) is 4.98 Å². The minimum Gasteiger partial charge on any atom is -0.469 e. The van der Waals surface area contributed by atoms with Gasteiger partial charge in [-0.25, -0.2) is 4.39 Å². The fourth-order valence-corrected chi connectivity index (χ4v) is 4.62. The standard InChI is InChI=1S/C33H40FNO5/c1-21(2)32-28(16-15-26(36)17-27(37)18-30(38)39-5)31(24-11-13-25(34)14-12-24)29(33(35-32)22(3)4)20-40-19-23-9-7-6-8-10-23/h6-16,21-22,26-27,36-37H,17-20H2,1-5H3/b16-15+. The number of hydrogen-bond acceptors (Lipinski definition) is 6. The van der Waals surface area contributed by atoms with E-state index in [0.29, 0.717) is 13.2 Å². The van der Waals surface area contributed by atoms with Crippen LogP contribution in [0.4, 0.5) is 4.39 Å². The molecule has 2 unspecified atom stereocenters. The third kappa shape index (κ3) is 8.55. The maximum absolute atomic E-state index is 14.0. The summed E-state index contributed by atoms with van der Waals surface area (Å²) in [7, 11) is 1.25. The maximum Gasteiger partial charge on any atom is 0.308 e. The molecule has 0 bridgehead atoms. The Labute approximate surface area is 236 Å². The van der Waals surface area contributed by atoms with E-state index in [9.17, 15) is 19.4 Å². The highest BCUT2D eigenvalue weighted by molar-refractivity contribution is 5.80. The van der Waals surface area contributed by atoms with E-state index in [2.05, 4.69) is 32.4 Å². The zero-order chi connectivity index (χ0) is 29.2. The molecule has 3 aromatic rings. The number of rotatable bonds is 13. The number of ether oxygens (including phenoxy) is 2. The number of aromatic nitrogens is 1. The van der Waals surface area contributed by atoms with Crippen LogP contribution in [0.25, 0.3) is 17.2 Å². The van der Waals surface area contributed by atoms with Gasteiger partial charge in [0.2, 0.25) is 0 Å². The molecular formula is C33H40FNO5. The van der Waals surface area contributed by atoms with Gasteiger partial charge in [-0.15, -0.1) is 0 Å². The largest absolute Gasteiger partial charge is 0.469 e. The number of nitrogens with zero attached hydrogens (tertiary/aromatic N) is 1. The zero-order valence-corrected chi connectivity index (χ0v) is 23.9. The molecule has 1 heterocycles. The second-order valence-corrected chi connectivity index (χ2v) is 10.5. The molecule has 2 N–H and O–H groups in total. The van der Waals surface area contributed by atoms with Crippen LogP contribution in [-0.4, -0.2) is 40.5 Å². The van der Waals surface area contributed by atoms with Gasteiger partial charge < -0.3 is 19.7 Å². The van der Waals surface area contributed by atoms with Crippen molar-refractivity contribution in [1.29, 1.82) is 0 Å². The van der Waals surface area contributed by atoms with Crippen LogP contribution in [0.2, 0.25) is 0 Å². The molecule has 2 aromatic carbocycles. The fourth-order valence-electron chi connectivity index (χ4n) is 4.62. The van der Waals surface area contributed by atoms with Crippen LogP contribution >= 0.6 is 0 Å². The van der Waals surface area contributed by atoms with E-state index in [1.165, 1.54) is 19.2 Å². The highest BCUT2D eigenvalue weighted by atomic mass is 19.1. The molecule has 2 atom stereocenters. The quantitative estimate of drug-likeness (QED) is 0.235. The number of aliphatic hydroxyl groups is 2. The van der Waals surface area contributed by atoms with Crippen molar-refractivity contribution in [2.75, 3.05) is 7.11 Å².